The standard InChI is InChI=1S/C28H36N4O2S/c1-5-19(3)26-29-27(25-22-11-6-18(2)16-23(22)35-28(25)30-26)32-14-12-31(13-15-32)24(33)17-20-7-9-21(34-4)10-8-20/h7-10,18-19H,5-6,11-17H2,1-4H3. The number of amides is 1. The molecule has 5 rings (SSSR count). The maximum Gasteiger partial charge on any atom is 0.227 e. The summed E-state index contributed by atoms with van der Waals surface area (Å²) < 4.78 is 5.23. The van der Waals surface area contributed by atoms with Crippen LogP contribution in [0.2, 0.25) is 0 Å². The van der Waals surface area contributed by atoms with Crippen LogP contribution in [0.1, 0.15) is 61.4 Å². The fourth-order valence-corrected chi connectivity index (χ4v) is 6.55. The van der Waals surface area contributed by atoms with Gasteiger partial charge in [-0.3, -0.25) is 4.79 Å². The van der Waals surface area contributed by atoms with Crippen LogP contribution in [0.25, 0.3) is 10.2 Å². The minimum atomic E-state index is 0.185. The zero-order valence-corrected chi connectivity index (χ0v) is 22.2. The highest BCUT2D eigenvalue weighted by atomic mass is 32.1. The minimum absolute atomic E-state index is 0.185. The van der Waals surface area contributed by atoms with E-state index in [0.717, 1.165) is 79.1 Å². The van der Waals surface area contributed by atoms with Crippen molar-refractivity contribution in [2.45, 2.75) is 58.8 Å². The van der Waals surface area contributed by atoms with E-state index in [9.17, 15) is 4.79 Å². The molecule has 3 aromatic rings. The van der Waals surface area contributed by atoms with Crippen molar-refractivity contribution in [3.8, 4) is 5.75 Å². The van der Waals surface area contributed by atoms with Crippen LogP contribution < -0.4 is 9.64 Å². The van der Waals surface area contributed by atoms with Crippen LogP contribution in [0.4, 0.5) is 5.82 Å². The number of piperazine rings is 1. The molecule has 1 saturated heterocycles. The van der Waals surface area contributed by atoms with E-state index < -0.39 is 0 Å². The van der Waals surface area contributed by atoms with Crippen LogP contribution in [0.3, 0.4) is 0 Å². The molecule has 2 aromatic heterocycles. The summed E-state index contributed by atoms with van der Waals surface area (Å²) >= 11 is 1.88. The highest BCUT2D eigenvalue weighted by molar-refractivity contribution is 7.19. The van der Waals surface area contributed by atoms with Gasteiger partial charge in [-0.05, 0) is 54.9 Å². The summed E-state index contributed by atoms with van der Waals surface area (Å²) in [4.78, 5) is 30.2. The molecule has 6 nitrogen and oxygen atoms in total. The zero-order valence-electron chi connectivity index (χ0n) is 21.3. The van der Waals surface area contributed by atoms with Crippen LogP contribution in [0, 0.1) is 5.92 Å². The number of thiophene rings is 1. The molecular weight excluding hydrogens is 456 g/mol. The van der Waals surface area contributed by atoms with E-state index in [0.29, 0.717) is 12.3 Å². The molecule has 0 radical (unpaired) electrons. The predicted octanol–water partition coefficient (Wildman–Crippen LogP) is 5.23. The van der Waals surface area contributed by atoms with Gasteiger partial charge in [0.2, 0.25) is 5.91 Å². The Morgan fingerprint density at radius 3 is 2.60 bits per heavy atom. The number of hydrogen-bond donors (Lipinski definition) is 0. The van der Waals surface area contributed by atoms with E-state index in [1.807, 2.05) is 40.5 Å². The topological polar surface area (TPSA) is 58.6 Å². The smallest absolute Gasteiger partial charge is 0.227 e. The summed E-state index contributed by atoms with van der Waals surface area (Å²) in [7, 11) is 1.66. The van der Waals surface area contributed by atoms with E-state index in [1.165, 1.54) is 22.2 Å². The lowest BCUT2D eigenvalue weighted by Gasteiger charge is -2.36. The second-order valence-corrected chi connectivity index (χ2v) is 11.2. The van der Waals surface area contributed by atoms with Gasteiger partial charge < -0.3 is 14.5 Å². The van der Waals surface area contributed by atoms with Crippen molar-refractivity contribution in [3.05, 3.63) is 46.1 Å². The summed E-state index contributed by atoms with van der Waals surface area (Å²) in [5.41, 5.74) is 2.50. The number of aryl methyl sites for hydroxylation is 1. The molecule has 1 aliphatic heterocycles. The number of anilines is 1. The number of aromatic nitrogens is 2. The summed E-state index contributed by atoms with van der Waals surface area (Å²) in [5.74, 6) is 4.13. The minimum Gasteiger partial charge on any atom is -0.497 e. The number of carbonyl (C=O) groups is 1. The first-order valence-electron chi connectivity index (χ1n) is 12.9. The Balaban J connectivity index is 1.36. The van der Waals surface area contributed by atoms with Crippen LogP contribution in [0.15, 0.2) is 24.3 Å². The SMILES string of the molecule is CCC(C)c1nc(N2CCN(C(=O)Cc3ccc(OC)cc3)CC2)c2c3c(sc2n1)CC(C)CC3. The van der Waals surface area contributed by atoms with Gasteiger partial charge in [0, 0.05) is 37.0 Å². The number of fused-ring (bicyclic) bond motifs is 3. The molecule has 2 aliphatic rings. The van der Waals surface area contributed by atoms with Gasteiger partial charge in [0.25, 0.3) is 0 Å². The molecule has 2 atom stereocenters. The van der Waals surface area contributed by atoms with Gasteiger partial charge in [0.15, 0.2) is 0 Å². The van der Waals surface area contributed by atoms with Crippen LogP contribution in [-0.4, -0.2) is 54.1 Å². The lowest BCUT2D eigenvalue weighted by Crippen LogP contribution is -2.49. The van der Waals surface area contributed by atoms with E-state index in [1.54, 1.807) is 7.11 Å². The molecule has 1 aliphatic carbocycles. The predicted molar refractivity (Wildman–Crippen MR) is 143 cm³/mol. The number of benzene rings is 1. The average molecular weight is 493 g/mol. The third-order valence-corrected chi connectivity index (χ3v) is 8.80. The Bertz CT molecular complexity index is 1200. The van der Waals surface area contributed by atoms with Crippen LogP contribution in [0.5, 0.6) is 5.75 Å². The van der Waals surface area contributed by atoms with Crippen molar-refractivity contribution in [1.29, 1.82) is 0 Å². The molecule has 1 aromatic carbocycles. The van der Waals surface area contributed by atoms with Crippen molar-refractivity contribution in [1.82, 2.24) is 14.9 Å². The second kappa shape index (κ2) is 10.1. The number of ether oxygens (including phenoxy) is 1. The van der Waals surface area contributed by atoms with E-state index in [4.69, 9.17) is 14.7 Å². The number of methoxy groups -OCH3 is 1. The quantitative estimate of drug-likeness (QED) is 0.472. The highest BCUT2D eigenvalue weighted by Crippen LogP contribution is 2.42. The number of hydrogen-bond acceptors (Lipinski definition) is 6. The molecule has 0 saturated carbocycles. The van der Waals surface area contributed by atoms with Gasteiger partial charge in [-0.15, -0.1) is 11.3 Å². The average Bonchev–Trinajstić information content (AvgIpc) is 3.25. The number of carbonyl (C=O) groups excluding carboxylic acids is 1. The third kappa shape index (κ3) is 4.88. The molecule has 7 heteroatoms. The van der Waals surface area contributed by atoms with Crippen molar-refractivity contribution in [2.75, 3.05) is 38.2 Å². The first-order chi connectivity index (χ1) is 17.0. The molecule has 3 heterocycles. The molecular formula is C28H36N4O2S. The van der Waals surface area contributed by atoms with Gasteiger partial charge in [-0.2, -0.15) is 0 Å². The molecule has 0 spiro atoms. The fourth-order valence-electron chi connectivity index (χ4n) is 5.17. The Morgan fingerprint density at radius 1 is 1.17 bits per heavy atom. The number of nitrogens with zero attached hydrogens (tertiary/aromatic N) is 4. The van der Waals surface area contributed by atoms with Gasteiger partial charge >= 0.3 is 0 Å². The Morgan fingerprint density at radius 2 is 1.91 bits per heavy atom. The second-order valence-electron chi connectivity index (χ2n) is 10.1. The lowest BCUT2D eigenvalue weighted by atomic mass is 9.89. The van der Waals surface area contributed by atoms with E-state index >= 15 is 0 Å². The van der Waals surface area contributed by atoms with E-state index in [2.05, 4.69) is 25.7 Å². The normalized spacial score (nSPS) is 19.0. The Labute approximate surface area is 212 Å². The van der Waals surface area contributed by atoms with Crippen molar-refractivity contribution in [2.24, 2.45) is 5.92 Å². The molecule has 0 N–H and O–H groups in total. The molecule has 1 fully saturated rings. The van der Waals surface area contributed by atoms with Crippen molar-refractivity contribution >= 4 is 33.3 Å². The molecule has 35 heavy (non-hydrogen) atoms. The maximum absolute atomic E-state index is 13.0. The molecule has 0 bridgehead atoms. The zero-order chi connectivity index (χ0) is 24.5. The summed E-state index contributed by atoms with van der Waals surface area (Å²) in [5, 5.41) is 1.28. The number of rotatable bonds is 6. The van der Waals surface area contributed by atoms with Gasteiger partial charge in [-0.1, -0.05) is 32.9 Å². The fraction of sp³-hybridized carbons (Fsp3) is 0.536. The first kappa shape index (κ1) is 24.0. The highest BCUT2D eigenvalue weighted by Gasteiger charge is 2.29. The first-order valence-corrected chi connectivity index (χ1v) is 13.8. The summed E-state index contributed by atoms with van der Waals surface area (Å²) in [6, 6.07) is 7.78. The van der Waals surface area contributed by atoms with Gasteiger partial charge in [-0.25, -0.2) is 9.97 Å². The summed E-state index contributed by atoms with van der Waals surface area (Å²) in [6.45, 7) is 9.84. The van der Waals surface area contributed by atoms with Crippen molar-refractivity contribution < 1.29 is 9.53 Å². The molecule has 1 amide bonds. The Hall–Kier alpha value is -2.67. The monoisotopic (exact) mass is 492 g/mol. The van der Waals surface area contributed by atoms with Crippen LogP contribution >= 0.6 is 11.3 Å². The van der Waals surface area contributed by atoms with Gasteiger partial charge in [0.1, 0.15) is 22.2 Å². The van der Waals surface area contributed by atoms with E-state index in [-0.39, 0.29) is 5.91 Å². The van der Waals surface area contributed by atoms with Crippen molar-refractivity contribution in [3.63, 3.8) is 0 Å². The molecule has 2 unspecified atom stereocenters. The maximum atomic E-state index is 13.0. The summed E-state index contributed by atoms with van der Waals surface area (Å²) in [6.07, 6.45) is 4.97. The van der Waals surface area contributed by atoms with Gasteiger partial charge in [0.05, 0.1) is 18.9 Å². The lowest BCUT2D eigenvalue weighted by molar-refractivity contribution is -0.130. The largest absolute Gasteiger partial charge is 0.497 e. The third-order valence-electron chi connectivity index (χ3n) is 7.65. The van der Waals surface area contributed by atoms with Crippen LogP contribution in [-0.2, 0) is 24.1 Å². The molecule has 186 valence electrons. The Kier molecular flexibility index (Phi) is 6.96.